The van der Waals surface area contributed by atoms with E-state index in [9.17, 15) is 9.59 Å². The predicted molar refractivity (Wildman–Crippen MR) is 109 cm³/mol. The number of rotatable bonds is 7. The van der Waals surface area contributed by atoms with Gasteiger partial charge in [0.1, 0.15) is 0 Å². The van der Waals surface area contributed by atoms with Crippen molar-refractivity contribution in [2.75, 3.05) is 23.3 Å². The monoisotopic (exact) mass is 372 g/mol. The van der Waals surface area contributed by atoms with Crippen molar-refractivity contribution in [1.82, 2.24) is 5.32 Å². The number of carbonyl (C=O) groups is 2. The fourth-order valence-electron chi connectivity index (χ4n) is 4.19. The molecule has 148 valence electrons. The Morgan fingerprint density at radius 1 is 1.19 bits per heavy atom. The van der Waals surface area contributed by atoms with Gasteiger partial charge < -0.3 is 21.3 Å². The third-order valence-electron chi connectivity index (χ3n) is 5.67. The molecule has 1 saturated heterocycles. The maximum absolute atomic E-state index is 12.3. The van der Waals surface area contributed by atoms with Gasteiger partial charge in [0, 0.05) is 49.4 Å². The standard InChI is InChI=1S/C21H32N4O2/c1-15(23-21(27)13-16-6-4-9-19(16)22)12-20(26)24-17-7-5-8-18(14-17)25-10-2-3-11-25/h5,7-8,14-16,19H,2-4,6,9-13,22H2,1H3,(H,23,27)(H,24,26)/t15?,16-,19+/m0/s1. The lowest BCUT2D eigenvalue weighted by Gasteiger charge is -2.19. The molecule has 6 nitrogen and oxygen atoms in total. The summed E-state index contributed by atoms with van der Waals surface area (Å²) in [4.78, 5) is 26.9. The molecule has 1 aliphatic carbocycles. The number of amides is 2. The third kappa shape index (κ3) is 5.70. The number of nitrogens with one attached hydrogen (secondary N) is 2. The highest BCUT2D eigenvalue weighted by molar-refractivity contribution is 5.92. The molecule has 0 bridgehead atoms. The average Bonchev–Trinajstić information content (AvgIpc) is 3.27. The molecular weight excluding hydrogens is 340 g/mol. The van der Waals surface area contributed by atoms with Gasteiger partial charge in [-0.15, -0.1) is 0 Å². The van der Waals surface area contributed by atoms with Crippen LogP contribution in [0.15, 0.2) is 24.3 Å². The molecule has 0 aromatic heterocycles. The molecule has 1 unspecified atom stereocenters. The van der Waals surface area contributed by atoms with E-state index in [4.69, 9.17) is 5.73 Å². The second-order valence-electron chi connectivity index (χ2n) is 8.02. The Morgan fingerprint density at radius 3 is 2.67 bits per heavy atom. The minimum Gasteiger partial charge on any atom is -0.371 e. The maximum Gasteiger partial charge on any atom is 0.226 e. The zero-order chi connectivity index (χ0) is 19.2. The van der Waals surface area contributed by atoms with Crippen molar-refractivity contribution in [1.29, 1.82) is 0 Å². The minimum absolute atomic E-state index is 0.00585. The molecule has 2 aliphatic rings. The summed E-state index contributed by atoms with van der Waals surface area (Å²) in [5, 5.41) is 5.89. The van der Waals surface area contributed by atoms with Crippen LogP contribution in [0.1, 0.15) is 51.9 Å². The van der Waals surface area contributed by atoms with E-state index in [-0.39, 0.29) is 36.2 Å². The molecule has 2 amide bonds. The number of carbonyl (C=O) groups excluding carboxylic acids is 2. The van der Waals surface area contributed by atoms with E-state index in [0.717, 1.165) is 43.7 Å². The Hall–Kier alpha value is -2.08. The molecule has 1 saturated carbocycles. The van der Waals surface area contributed by atoms with E-state index >= 15 is 0 Å². The summed E-state index contributed by atoms with van der Waals surface area (Å²) in [6.07, 6.45) is 6.30. The quantitative estimate of drug-likeness (QED) is 0.687. The first kappa shape index (κ1) is 19.7. The Morgan fingerprint density at radius 2 is 1.96 bits per heavy atom. The Kier molecular flexibility index (Phi) is 6.72. The van der Waals surface area contributed by atoms with Crippen molar-refractivity contribution in [3.05, 3.63) is 24.3 Å². The van der Waals surface area contributed by atoms with Gasteiger partial charge >= 0.3 is 0 Å². The fourth-order valence-corrected chi connectivity index (χ4v) is 4.19. The lowest BCUT2D eigenvalue weighted by Crippen LogP contribution is -2.38. The van der Waals surface area contributed by atoms with Gasteiger partial charge in [0.25, 0.3) is 0 Å². The number of anilines is 2. The summed E-state index contributed by atoms with van der Waals surface area (Å²) in [6.45, 7) is 4.02. The molecule has 3 rings (SSSR count). The van der Waals surface area contributed by atoms with Crippen LogP contribution >= 0.6 is 0 Å². The molecule has 2 fully saturated rings. The van der Waals surface area contributed by atoms with Gasteiger partial charge in [0.2, 0.25) is 11.8 Å². The van der Waals surface area contributed by atoms with Gasteiger partial charge in [-0.1, -0.05) is 12.5 Å². The van der Waals surface area contributed by atoms with Crippen molar-refractivity contribution in [3.63, 3.8) is 0 Å². The van der Waals surface area contributed by atoms with Crippen LogP contribution in [0.25, 0.3) is 0 Å². The highest BCUT2D eigenvalue weighted by Crippen LogP contribution is 2.27. The largest absolute Gasteiger partial charge is 0.371 e. The predicted octanol–water partition coefficient (Wildman–Crippen LogP) is 2.64. The van der Waals surface area contributed by atoms with Gasteiger partial charge in [-0.3, -0.25) is 9.59 Å². The van der Waals surface area contributed by atoms with E-state index in [0.29, 0.717) is 6.42 Å². The van der Waals surface area contributed by atoms with E-state index in [1.807, 2.05) is 25.1 Å². The first-order valence-electron chi connectivity index (χ1n) is 10.2. The number of benzene rings is 1. The van der Waals surface area contributed by atoms with Crippen molar-refractivity contribution in [2.45, 2.75) is 64.0 Å². The van der Waals surface area contributed by atoms with Crippen LogP contribution in [0, 0.1) is 5.92 Å². The molecule has 6 heteroatoms. The van der Waals surface area contributed by atoms with E-state index in [2.05, 4.69) is 21.6 Å². The van der Waals surface area contributed by atoms with Crippen LogP contribution in [0.4, 0.5) is 11.4 Å². The summed E-state index contributed by atoms with van der Waals surface area (Å²) in [5.41, 5.74) is 7.99. The fraction of sp³-hybridized carbons (Fsp3) is 0.619. The smallest absolute Gasteiger partial charge is 0.226 e. The van der Waals surface area contributed by atoms with Crippen LogP contribution in [-0.4, -0.2) is 37.0 Å². The van der Waals surface area contributed by atoms with Crippen LogP contribution in [0.2, 0.25) is 0 Å². The summed E-state index contributed by atoms with van der Waals surface area (Å²) in [7, 11) is 0. The molecule has 27 heavy (non-hydrogen) atoms. The van der Waals surface area contributed by atoms with Crippen molar-refractivity contribution >= 4 is 23.2 Å². The summed E-state index contributed by atoms with van der Waals surface area (Å²) >= 11 is 0. The van der Waals surface area contributed by atoms with Crippen LogP contribution in [-0.2, 0) is 9.59 Å². The molecule has 1 aromatic rings. The first-order valence-corrected chi connectivity index (χ1v) is 10.2. The van der Waals surface area contributed by atoms with Gasteiger partial charge in [-0.2, -0.15) is 0 Å². The number of hydrogen-bond donors (Lipinski definition) is 3. The zero-order valence-corrected chi connectivity index (χ0v) is 16.2. The average molecular weight is 373 g/mol. The van der Waals surface area contributed by atoms with Crippen LogP contribution in [0.5, 0.6) is 0 Å². The van der Waals surface area contributed by atoms with Gasteiger partial charge in [0.05, 0.1) is 0 Å². The summed E-state index contributed by atoms with van der Waals surface area (Å²) in [5.74, 6) is 0.187. The van der Waals surface area contributed by atoms with E-state index in [1.165, 1.54) is 12.8 Å². The summed E-state index contributed by atoms with van der Waals surface area (Å²) < 4.78 is 0. The van der Waals surface area contributed by atoms with Gasteiger partial charge in [0.15, 0.2) is 0 Å². The second-order valence-corrected chi connectivity index (χ2v) is 8.02. The highest BCUT2D eigenvalue weighted by atomic mass is 16.2. The topological polar surface area (TPSA) is 87.5 Å². The Labute approximate surface area is 161 Å². The zero-order valence-electron chi connectivity index (χ0n) is 16.2. The number of nitrogens with two attached hydrogens (primary N) is 1. The maximum atomic E-state index is 12.3. The SMILES string of the molecule is CC(CC(=O)Nc1cccc(N2CCCC2)c1)NC(=O)C[C@@H]1CCC[C@H]1N. The molecule has 4 N–H and O–H groups in total. The van der Waals surface area contributed by atoms with Crippen molar-refractivity contribution in [3.8, 4) is 0 Å². The Balaban J connectivity index is 1.44. The lowest BCUT2D eigenvalue weighted by atomic mass is 9.99. The van der Waals surface area contributed by atoms with Crippen molar-refractivity contribution in [2.24, 2.45) is 11.7 Å². The molecular formula is C21H32N4O2. The van der Waals surface area contributed by atoms with E-state index in [1.54, 1.807) is 0 Å². The third-order valence-corrected chi connectivity index (χ3v) is 5.67. The molecule has 0 radical (unpaired) electrons. The molecule has 1 aromatic carbocycles. The molecule has 3 atom stereocenters. The van der Waals surface area contributed by atoms with Crippen LogP contribution < -0.4 is 21.3 Å². The van der Waals surface area contributed by atoms with Gasteiger partial charge in [-0.25, -0.2) is 0 Å². The van der Waals surface area contributed by atoms with E-state index < -0.39 is 0 Å². The number of nitrogens with zero attached hydrogens (tertiary/aromatic N) is 1. The molecule has 0 spiro atoms. The number of hydrogen-bond acceptors (Lipinski definition) is 4. The Bertz CT molecular complexity index is 657. The lowest BCUT2D eigenvalue weighted by molar-refractivity contribution is -0.123. The second kappa shape index (κ2) is 9.22. The minimum atomic E-state index is -0.197. The van der Waals surface area contributed by atoms with Crippen molar-refractivity contribution < 1.29 is 9.59 Å². The molecule has 1 aliphatic heterocycles. The van der Waals surface area contributed by atoms with Gasteiger partial charge in [-0.05, 0) is 56.7 Å². The van der Waals surface area contributed by atoms with Crippen LogP contribution in [0.3, 0.4) is 0 Å². The molecule has 1 heterocycles. The highest BCUT2D eigenvalue weighted by Gasteiger charge is 2.26. The normalized spacial score (nSPS) is 23.3. The first-order chi connectivity index (χ1) is 13.0. The summed E-state index contributed by atoms with van der Waals surface area (Å²) in [6, 6.07) is 7.92.